The van der Waals surface area contributed by atoms with E-state index in [4.69, 9.17) is 33.9 Å². The highest BCUT2D eigenvalue weighted by molar-refractivity contribution is 8.13. The van der Waals surface area contributed by atoms with Crippen LogP contribution in [0, 0.1) is 24.2 Å². The summed E-state index contributed by atoms with van der Waals surface area (Å²) < 4.78 is 24.0. The second kappa shape index (κ2) is 6.54. The maximum absolute atomic E-state index is 13.3. The molecular formula is C18H12Cl3NO3S. The molecule has 0 amide bonds. The van der Waals surface area contributed by atoms with Crippen LogP contribution in [0.1, 0.15) is 27.9 Å². The summed E-state index contributed by atoms with van der Waals surface area (Å²) >= 11 is 11.9. The third-order valence-corrected chi connectivity index (χ3v) is 6.70. The van der Waals surface area contributed by atoms with Crippen LogP contribution in [-0.2, 0) is 14.5 Å². The van der Waals surface area contributed by atoms with Gasteiger partial charge in [0, 0.05) is 16.2 Å². The molecule has 0 heterocycles. The molecule has 134 valence electrons. The molecule has 1 fully saturated rings. The first-order chi connectivity index (χ1) is 12.1. The summed E-state index contributed by atoms with van der Waals surface area (Å²) in [5.41, 5.74) is -0.00412. The van der Waals surface area contributed by atoms with Crippen LogP contribution in [0.4, 0.5) is 0 Å². The van der Waals surface area contributed by atoms with E-state index in [-0.39, 0.29) is 33.2 Å². The lowest BCUT2D eigenvalue weighted by molar-refractivity contribution is 0.0940. The molecule has 2 unspecified atom stereocenters. The van der Waals surface area contributed by atoms with Gasteiger partial charge < -0.3 is 0 Å². The van der Waals surface area contributed by atoms with Crippen LogP contribution >= 0.6 is 33.9 Å². The van der Waals surface area contributed by atoms with Crippen LogP contribution in [0.5, 0.6) is 0 Å². The minimum absolute atomic E-state index is 0.157. The van der Waals surface area contributed by atoms with E-state index in [0.29, 0.717) is 5.02 Å². The van der Waals surface area contributed by atoms with E-state index in [0.717, 1.165) is 5.56 Å². The summed E-state index contributed by atoms with van der Waals surface area (Å²) in [6.07, 6.45) is 0.214. The summed E-state index contributed by atoms with van der Waals surface area (Å²) in [6, 6.07) is 11.1. The van der Waals surface area contributed by atoms with E-state index in [2.05, 4.69) is 6.07 Å². The Balaban J connectivity index is 2.23. The molecule has 3 rings (SSSR count). The number of Topliss-reactive ketones (excluding diaryl/α,β-unsaturated/α-hetero) is 1. The van der Waals surface area contributed by atoms with Crippen molar-refractivity contribution in [1.29, 1.82) is 5.26 Å². The van der Waals surface area contributed by atoms with Crippen LogP contribution < -0.4 is 0 Å². The smallest absolute Gasteiger partial charge is 0.261 e. The molecule has 2 aromatic carbocycles. The highest BCUT2D eigenvalue weighted by Gasteiger charge is 2.63. The monoisotopic (exact) mass is 427 g/mol. The molecule has 0 radical (unpaired) electrons. The van der Waals surface area contributed by atoms with Gasteiger partial charge >= 0.3 is 0 Å². The predicted octanol–water partition coefficient (Wildman–Crippen LogP) is 4.89. The van der Waals surface area contributed by atoms with Crippen molar-refractivity contribution in [3.63, 3.8) is 0 Å². The number of nitriles is 1. The molecule has 0 bridgehead atoms. The SMILES string of the molecule is Cc1ccc(S(=O)(=O)Cl)c(C2(C(=O)c3ccc(Cl)c(Cl)c3)CC2C#N)c1. The Labute approximate surface area is 165 Å². The Hall–Kier alpha value is -1.58. The van der Waals surface area contributed by atoms with E-state index in [1.165, 1.54) is 24.3 Å². The molecule has 1 saturated carbocycles. The molecule has 1 aliphatic carbocycles. The van der Waals surface area contributed by atoms with Gasteiger partial charge in [-0.05, 0) is 43.2 Å². The van der Waals surface area contributed by atoms with Gasteiger partial charge in [-0.15, -0.1) is 0 Å². The zero-order chi connectivity index (χ0) is 19.3. The molecule has 26 heavy (non-hydrogen) atoms. The lowest BCUT2D eigenvalue weighted by Crippen LogP contribution is -2.25. The fourth-order valence-electron chi connectivity index (χ4n) is 3.19. The summed E-state index contributed by atoms with van der Waals surface area (Å²) in [5, 5.41) is 9.93. The lowest BCUT2D eigenvalue weighted by atomic mass is 9.84. The van der Waals surface area contributed by atoms with Crippen molar-refractivity contribution >= 4 is 48.7 Å². The van der Waals surface area contributed by atoms with Gasteiger partial charge in [-0.25, -0.2) is 8.42 Å². The molecule has 0 aromatic heterocycles. The predicted molar refractivity (Wildman–Crippen MR) is 100 cm³/mol. The Morgan fingerprint density at radius 3 is 2.42 bits per heavy atom. The van der Waals surface area contributed by atoms with Crippen LogP contribution in [0.2, 0.25) is 10.0 Å². The topological polar surface area (TPSA) is 75.0 Å². The van der Waals surface area contributed by atoms with Crippen LogP contribution in [-0.4, -0.2) is 14.2 Å². The largest absolute Gasteiger partial charge is 0.293 e. The maximum atomic E-state index is 13.3. The number of hydrogen-bond acceptors (Lipinski definition) is 4. The minimum Gasteiger partial charge on any atom is -0.293 e. The number of rotatable bonds is 4. The van der Waals surface area contributed by atoms with Gasteiger partial charge in [0.15, 0.2) is 5.78 Å². The molecule has 0 N–H and O–H groups in total. The van der Waals surface area contributed by atoms with Crippen molar-refractivity contribution in [2.75, 3.05) is 0 Å². The van der Waals surface area contributed by atoms with Gasteiger partial charge in [0.05, 0.1) is 32.3 Å². The Bertz CT molecular complexity index is 1080. The van der Waals surface area contributed by atoms with Gasteiger partial charge in [-0.3, -0.25) is 4.79 Å². The fourth-order valence-corrected chi connectivity index (χ4v) is 4.63. The summed E-state index contributed by atoms with van der Waals surface area (Å²) in [4.78, 5) is 13.1. The number of halogens is 3. The molecule has 1 aliphatic rings. The normalized spacial score (nSPS) is 21.9. The molecule has 2 aromatic rings. The zero-order valence-corrected chi connectivity index (χ0v) is 16.5. The van der Waals surface area contributed by atoms with Crippen molar-refractivity contribution < 1.29 is 13.2 Å². The second-order valence-corrected chi connectivity index (χ2v) is 9.60. The first-order valence-corrected chi connectivity index (χ1v) is 10.6. The summed E-state index contributed by atoms with van der Waals surface area (Å²) in [7, 11) is 1.48. The van der Waals surface area contributed by atoms with E-state index in [9.17, 15) is 18.5 Å². The number of aryl methyl sites for hydroxylation is 1. The molecule has 8 heteroatoms. The first kappa shape index (κ1) is 19.2. The van der Waals surface area contributed by atoms with E-state index in [1.54, 1.807) is 19.1 Å². The van der Waals surface area contributed by atoms with Crippen molar-refractivity contribution in [2.45, 2.75) is 23.7 Å². The van der Waals surface area contributed by atoms with E-state index < -0.39 is 20.4 Å². The van der Waals surface area contributed by atoms with Crippen LogP contribution in [0.3, 0.4) is 0 Å². The van der Waals surface area contributed by atoms with Gasteiger partial charge in [0.25, 0.3) is 9.05 Å². The standard InChI is InChI=1S/C18H12Cl3NO3S/c1-10-2-5-16(26(21,24)25)13(6-10)18(8-12(18)9-22)17(23)11-3-4-14(19)15(20)7-11/h2-7,12H,8H2,1H3. The quantitative estimate of drug-likeness (QED) is 0.513. The van der Waals surface area contributed by atoms with E-state index >= 15 is 0 Å². The first-order valence-electron chi connectivity index (χ1n) is 7.56. The van der Waals surface area contributed by atoms with Gasteiger partial charge in [-0.2, -0.15) is 5.26 Å². The maximum Gasteiger partial charge on any atom is 0.261 e. The number of nitrogens with zero attached hydrogens (tertiary/aromatic N) is 1. The lowest BCUT2D eigenvalue weighted by Gasteiger charge is -2.19. The molecule has 0 aliphatic heterocycles. The highest BCUT2D eigenvalue weighted by Crippen LogP contribution is 2.57. The Kier molecular flexibility index (Phi) is 4.83. The molecule has 0 saturated heterocycles. The molecule has 4 nitrogen and oxygen atoms in total. The van der Waals surface area contributed by atoms with Crippen molar-refractivity contribution in [3.05, 3.63) is 63.1 Å². The van der Waals surface area contributed by atoms with Crippen molar-refractivity contribution in [2.24, 2.45) is 5.92 Å². The summed E-state index contributed by atoms with van der Waals surface area (Å²) in [6.45, 7) is 1.77. The van der Waals surface area contributed by atoms with Gasteiger partial charge in [-0.1, -0.05) is 40.9 Å². The summed E-state index contributed by atoms with van der Waals surface area (Å²) in [5.74, 6) is -1.03. The Morgan fingerprint density at radius 2 is 1.88 bits per heavy atom. The van der Waals surface area contributed by atoms with E-state index in [1.807, 2.05) is 0 Å². The highest BCUT2D eigenvalue weighted by atomic mass is 35.7. The zero-order valence-electron chi connectivity index (χ0n) is 13.5. The van der Waals surface area contributed by atoms with Crippen molar-refractivity contribution in [1.82, 2.24) is 0 Å². The third kappa shape index (κ3) is 3.12. The number of carbonyl (C=O) groups excluding carboxylic acids is 1. The molecule has 0 spiro atoms. The van der Waals surface area contributed by atoms with Crippen molar-refractivity contribution in [3.8, 4) is 6.07 Å². The number of carbonyl (C=O) groups is 1. The minimum atomic E-state index is -4.09. The number of benzene rings is 2. The fraction of sp³-hybridized carbons (Fsp3) is 0.222. The average Bonchev–Trinajstić information content (AvgIpc) is 3.31. The average molecular weight is 429 g/mol. The van der Waals surface area contributed by atoms with Gasteiger partial charge in [0.1, 0.15) is 0 Å². The number of hydrogen-bond donors (Lipinski definition) is 0. The van der Waals surface area contributed by atoms with Crippen LogP contribution in [0.15, 0.2) is 41.3 Å². The third-order valence-electron chi connectivity index (χ3n) is 4.58. The Morgan fingerprint density at radius 1 is 1.19 bits per heavy atom. The second-order valence-electron chi connectivity index (χ2n) is 6.25. The number of ketones is 1. The molecule has 2 atom stereocenters. The molecular weight excluding hydrogens is 417 g/mol. The van der Waals surface area contributed by atoms with Crippen LogP contribution in [0.25, 0.3) is 0 Å². The van der Waals surface area contributed by atoms with Gasteiger partial charge in [0.2, 0.25) is 0 Å².